The van der Waals surface area contributed by atoms with E-state index in [1.165, 1.54) is 29.7 Å². The first-order chi connectivity index (χ1) is 11.9. The third kappa shape index (κ3) is 3.35. The van der Waals surface area contributed by atoms with Crippen LogP contribution in [0, 0.1) is 0 Å². The van der Waals surface area contributed by atoms with Gasteiger partial charge in [-0.1, -0.05) is 24.3 Å². The van der Waals surface area contributed by atoms with E-state index in [0.29, 0.717) is 12.0 Å². The van der Waals surface area contributed by atoms with Crippen molar-refractivity contribution in [2.45, 2.75) is 71.0 Å². The summed E-state index contributed by atoms with van der Waals surface area (Å²) >= 11 is 0. The van der Waals surface area contributed by atoms with Gasteiger partial charge in [-0.15, -0.1) is 0 Å². The van der Waals surface area contributed by atoms with Crippen LogP contribution < -0.4 is 10.2 Å². The lowest BCUT2D eigenvalue weighted by Crippen LogP contribution is -2.49. The number of aromatic nitrogens is 2. The van der Waals surface area contributed by atoms with E-state index in [1.807, 2.05) is 0 Å². The maximum absolute atomic E-state index is 4.88. The molecule has 1 fully saturated rings. The van der Waals surface area contributed by atoms with E-state index < -0.39 is 0 Å². The van der Waals surface area contributed by atoms with Gasteiger partial charge in [0, 0.05) is 30.1 Å². The number of nitrogens with zero attached hydrogens (tertiary/aromatic N) is 3. The Morgan fingerprint density at radius 2 is 1.84 bits per heavy atom. The molecule has 25 heavy (non-hydrogen) atoms. The fraction of sp³-hybridized carbons (Fsp3) is 0.524. The van der Waals surface area contributed by atoms with Gasteiger partial charge in [0.15, 0.2) is 0 Å². The minimum Gasteiger partial charge on any atom is -0.352 e. The first kappa shape index (κ1) is 16.4. The number of anilines is 2. The summed E-state index contributed by atoms with van der Waals surface area (Å²) in [4.78, 5) is 12.1. The van der Waals surface area contributed by atoms with Crippen molar-refractivity contribution in [1.29, 1.82) is 0 Å². The van der Waals surface area contributed by atoms with E-state index >= 15 is 0 Å². The van der Waals surface area contributed by atoms with Crippen LogP contribution in [-0.4, -0.2) is 21.5 Å². The molecule has 1 aromatic heterocycles. The second kappa shape index (κ2) is 6.01. The van der Waals surface area contributed by atoms with Gasteiger partial charge in [-0.2, -0.15) is 4.98 Å². The summed E-state index contributed by atoms with van der Waals surface area (Å²) in [6.07, 6.45) is 3.55. The van der Waals surface area contributed by atoms with Crippen molar-refractivity contribution < 1.29 is 0 Å². The molecule has 1 aromatic carbocycles. The zero-order chi connectivity index (χ0) is 17.6. The highest BCUT2D eigenvalue weighted by Crippen LogP contribution is 2.41. The predicted octanol–water partition coefficient (Wildman–Crippen LogP) is 4.52. The molecule has 0 saturated heterocycles. The highest BCUT2D eigenvalue weighted by atomic mass is 15.3. The lowest BCUT2D eigenvalue weighted by atomic mass is 9.85. The molecule has 2 aliphatic rings. The Bertz CT molecular complexity index is 777. The molecule has 4 rings (SSSR count). The highest BCUT2D eigenvalue weighted by molar-refractivity contribution is 5.52. The zero-order valence-corrected chi connectivity index (χ0v) is 15.7. The molecule has 0 atom stereocenters. The van der Waals surface area contributed by atoms with Crippen LogP contribution >= 0.6 is 0 Å². The third-order valence-electron chi connectivity index (χ3n) is 5.22. The lowest BCUT2D eigenvalue weighted by molar-refractivity contribution is 0.427. The smallest absolute Gasteiger partial charge is 0.225 e. The second-order valence-electron chi connectivity index (χ2n) is 8.39. The van der Waals surface area contributed by atoms with Gasteiger partial charge in [-0.25, -0.2) is 4.98 Å². The minimum atomic E-state index is 0.0403. The van der Waals surface area contributed by atoms with Gasteiger partial charge in [0.2, 0.25) is 5.95 Å². The Hall–Kier alpha value is -2.10. The molecule has 132 valence electrons. The first-order valence-electron chi connectivity index (χ1n) is 9.42. The Morgan fingerprint density at radius 1 is 1.12 bits per heavy atom. The van der Waals surface area contributed by atoms with Crippen LogP contribution in [0.5, 0.6) is 0 Å². The SMILES string of the molecule is CC(C)Nc1nc(C2CC2)cc(N2Cc3ccccc3CC2(C)C)n1. The molecular weight excluding hydrogens is 308 g/mol. The predicted molar refractivity (Wildman–Crippen MR) is 103 cm³/mol. The Kier molecular flexibility index (Phi) is 3.94. The normalized spacial score (nSPS) is 19.0. The molecule has 0 amide bonds. The van der Waals surface area contributed by atoms with Crippen molar-refractivity contribution in [2.24, 2.45) is 0 Å². The molecule has 1 aliphatic carbocycles. The van der Waals surface area contributed by atoms with E-state index in [4.69, 9.17) is 9.97 Å². The number of rotatable bonds is 4. The van der Waals surface area contributed by atoms with Crippen LogP contribution in [0.4, 0.5) is 11.8 Å². The van der Waals surface area contributed by atoms with Crippen molar-refractivity contribution in [3.63, 3.8) is 0 Å². The second-order valence-corrected chi connectivity index (χ2v) is 8.39. The monoisotopic (exact) mass is 336 g/mol. The van der Waals surface area contributed by atoms with Crippen molar-refractivity contribution in [1.82, 2.24) is 9.97 Å². The minimum absolute atomic E-state index is 0.0403. The van der Waals surface area contributed by atoms with E-state index in [1.54, 1.807) is 0 Å². The highest BCUT2D eigenvalue weighted by Gasteiger charge is 2.35. The summed E-state index contributed by atoms with van der Waals surface area (Å²) in [5.74, 6) is 2.44. The van der Waals surface area contributed by atoms with E-state index in [-0.39, 0.29) is 5.54 Å². The molecule has 0 spiro atoms. The van der Waals surface area contributed by atoms with Gasteiger partial charge in [0.1, 0.15) is 5.82 Å². The molecule has 1 saturated carbocycles. The quantitative estimate of drug-likeness (QED) is 0.891. The summed E-state index contributed by atoms with van der Waals surface area (Å²) in [6.45, 7) is 9.81. The molecular formula is C21H28N4. The molecule has 0 radical (unpaired) electrons. The van der Waals surface area contributed by atoms with Crippen LogP contribution in [0.2, 0.25) is 0 Å². The Labute approximate surface area is 150 Å². The van der Waals surface area contributed by atoms with Crippen molar-refractivity contribution in [2.75, 3.05) is 10.2 Å². The van der Waals surface area contributed by atoms with Gasteiger partial charge < -0.3 is 10.2 Å². The number of benzene rings is 1. The van der Waals surface area contributed by atoms with Crippen LogP contribution in [0.1, 0.15) is 63.3 Å². The molecule has 2 heterocycles. The van der Waals surface area contributed by atoms with Crippen molar-refractivity contribution in [3.05, 3.63) is 47.2 Å². The lowest BCUT2D eigenvalue weighted by Gasteiger charge is -2.44. The largest absolute Gasteiger partial charge is 0.352 e. The molecule has 1 aliphatic heterocycles. The maximum Gasteiger partial charge on any atom is 0.225 e. The fourth-order valence-electron chi connectivity index (χ4n) is 3.72. The molecule has 1 N–H and O–H groups in total. The summed E-state index contributed by atoms with van der Waals surface area (Å²) in [7, 11) is 0. The molecule has 0 unspecified atom stereocenters. The molecule has 0 bridgehead atoms. The standard InChI is InChI=1S/C21H28N4/c1-14(2)22-20-23-18(15-9-10-15)11-19(24-20)25-13-17-8-6-5-7-16(17)12-21(25,3)4/h5-8,11,14-15H,9-10,12-13H2,1-4H3,(H,22,23,24). The van der Waals surface area contributed by atoms with Gasteiger partial charge in [0.05, 0.1) is 5.69 Å². The Balaban J connectivity index is 1.73. The summed E-state index contributed by atoms with van der Waals surface area (Å²) in [6, 6.07) is 11.3. The van der Waals surface area contributed by atoms with Crippen LogP contribution in [-0.2, 0) is 13.0 Å². The number of nitrogens with one attached hydrogen (secondary N) is 1. The van der Waals surface area contributed by atoms with Crippen LogP contribution in [0.3, 0.4) is 0 Å². The zero-order valence-electron chi connectivity index (χ0n) is 15.7. The van der Waals surface area contributed by atoms with E-state index in [0.717, 1.165) is 24.7 Å². The summed E-state index contributed by atoms with van der Waals surface area (Å²) in [5, 5.41) is 3.40. The maximum atomic E-state index is 4.88. The number of hydrogen-bond donors (Lipinski definition) is 1. The molecule has 2 aromatic rings. The van der Waals surface area contributed by atoms with Gasteiger partial charge in [-0.05, 0) is 58.1 Å². The summed E-state index contributed by atoms with van der Waals surface area (Å²) in [5.41, 5.74) is 4.11. The van der Waals surface area contributed by atoms with Gasteiger partial charge >= 0.3 is 0 Å². The van der Waals surface area contributed by atoms with E-state index in [9.17, 15) is 0 Å². The van der Waals surface area contributed by atoms with E-state index in [2.05, 4.69) is 68.2 Å². The van der Waals surface area contributed by atoms with Crippen molar-refractivity contribution >= 4 is 11.8 Å². The number of hydrogen-bond acceptors (Lipinski definition) is 4. The summed E-state index contributed by atoms with van der Waals surface area (Å²) < 4.78 is 0. The van der Waals surface area contributed by atoms with Gasteiger partial charge in [-0.3, -0.25) is 0 Å². The topological polar surface area (TPSA) is 41.1 Å². The number of fused-ring (bicyclic) bond motifs is 1. The van der Waals surface area contributed by atoms with Crippen molar-refractivity contribution in [3.8, 4) is 0 Å². The Morgan fingerprint density at radius 3 is 2.52 bits per heavy atom. The molecule has 4 heteroatoms. The average molecular weight is 336 g/mol. The molecule has 4 nitrogen and oxygen atoms in total. The fourth-order valence-corrected chi connectivity index (χ4v) is 3.72. The van der Waals surface area contributed by atoms with Crippen LogP contribution in [0.25, 0.3) is 0 Å². The average Bonchev–Trinajstić information content (AvgIpc) is 3.37. The van der Waals surface area contributed by atoms with Crippen LogP contribution in [0.15, 0.2) is 30.3 Å². The third-order valence-corrected chi connectivity index (χ3v) is 5.22. The first-order valence-corrected chi connectivity index (χ1v) is 9.42. The van der Waals surface area contributed by atoms with Gasteiger partial charge in [0.25, 0.3) is 0 Å².